The highest BCUT2D eigenvalue weighted by Crippen LogP contribution is 2.39. The summed E-state index contributed by atoms with van der Waals surface area (Å²) in [5.41, 5.74) is 1.04. The maximum absolute atomic E-state index is 12.2. The van der Waals surface area contributed by atoms with Gasteiger partial charge >= 0.3 is 6.03 Å². The summed E-state index contributed by atoms with van der Waals surface area (Å²) in [6.07, 6.45) is 3.10. The number of carbonyl (C=O) groups is 1. The molecule has 8 nitrogen and oxygen atoms in total. The van der Waals surface area contributed by atoms with Crippen molar-refractivity contribution in [2.24, 2.45) is 13.0 Å². The van der Waals surface area contributed by atoms with E-state index in [1.54, 1.807) is 4.68 Å². The smallest absolute Gasteiger partial charge is 0.321 e. The molecule has 130 valence electrons. The number of aromatic nitrogens is 4. The number of carbonyl (C=O) groups excluding carboxylic acids is 1. The fraction of sp³-hybridized carbons (Fsp3) is 0.625. The Morgan fingerprint density at radius 1 is 1.42 bits per heavy atom. The molecule has 1 unspecified atom stereocenters. The largest absolute Gasteiger partial charge is 0.337 e. The monoisotopic (exact) mass is 332 g/mol. The molecule has 0 saturated heterocycles. The first kappa shape index (κ1) is 16.5. The molecular weight excluding hydrogens is 308 g/mol. The van der Waals surface area contributed by atoms with E-state index in [9.17, 15) is 4.79 Å². The van der Waals surface area contributed by atoms with Crippen LogP contribution in [-0.2, 0) is 13.5 Å². The minimum Gasteiger partial charge on any atom is -0.337 e. The van der Waals surface area contributed by atoms with E-state index < -0.39 is 0 Å². The molecule has 0 spiro atoms. The van der Waals surface area contributed by atoms with Crippen molar-refractivity contribution in [2.45, 2.75) is 52.0 Å². The number of hydrogen-bond acceptors (Lipinski definition) is 5. The Bertz CT molecular complexity index is 716. The zero-order valence-electron chi connectivity index (χ0n) is 14.5. The van der Waals surface area contributed by atoms with E-state index in [2.05, 4.69) is 39.7 Å². The van der Waals surface area contributed by atoms with Crippen LogP contribution >= 0.6 is 0 Å². The predicted octanol–water partition coefficient (Wildman–Crippen LogP) is 2.76. The first-order valence-corrected chi connectivity index (χ1v) is 8.36. The number of rotatable bonds is 6. The topological polar surface area (TPSA) is 97.9 Å². The van der Waals surface area contributed by atoms with Gasteiger partial charge in [-0.25, -0.2) is 4.79 Å². The minimum atomic E-state index is -0.366. The Morgan fingerprint density at radius 2 is 2.17 bits per heavy atom. The molecule has 1 atom stereocenters. The molecule has 0 aliphatic heterocycles. The quantitative estimate of drug-likeness (QED) is 0.847. The lowest BCUT2D eigenvalue weighted by atomic mass is 10.1. The van der Waals surface area contributed by atoms with Gasteiger partial charge in [0.25, 0.3) is 0 Å². The Balaban J connectivity index is 1.56. The molecule has 3 rings (SSSR count). The van der Waals surface area contributed by atoms with Gasteiger partial charge in [-0.2, -0.15) is 10.1 Å². The summed E-state index contributed by atoms with van der Waals surface area (Å²) >= 11 is 0. The van der Waals surface area contributed by atoms with Crippen molar-refractivity contribution in [2.75, 3.05) is 5.32 Å². The van der Waals surface area contributed by atoms with Crippen LogP contribution in [0, 0.1) is 5.92 Å². The van der Waals surface area contributed by atoms with Crippen molar-refractivity contribution in [3.8, 4) is 0 Å². The van der Waals surface area contributed by atoms with Crippen molar-refractivity contribution in [1.82, 2.24) is 25.2 Å². The summed E-state index contributed by atoms with van der Waals surface area (Å²) in [4.78, 5) is 16.5. The first-order chi connectivity index (χ1) is 11.4. The molecule has 2 aromatic rings. The molecular formula is C16H24N6O2. The van der Waals surface area contributed by atoms with Crippen LogP contribution in [-0.4, -0.2) is 26.0 Å². The van der Waals surface area contributed by atoms with E-state index in [0.717, 1.165) is 12.1 Å². The van der Waals surface area contributed by atoms with E-state index in [1.165, 1.54) is 12.8 Å². The molecule has 2 aromatic heterocycles. The van der Waals surface area contributed by atoms with Crippen LogP contribution in [0.15, 0.2) is 10.6 Å². The highest BCUT2D eigenvalue weighted by Gasteiger charge is 2.27. The maximum Gasteiger partial charge on any atom is 0.321 e. The molecule has 0 radical (unpaired) electrons. The highest BCUT2D eigenvalue weighted by molar-refractivity contribution is 5.88. The van der Waals surface area contributed by atoms with Crippen LogP contribution in [0.3, 0.4) is 0 Å². The number of anilines is 1. The SMILES string of the molecule is CC(C)Cc1noc(C(C)NC(=O)Nc2cc(C3CC3)nn2C)n1. The molecule has 24 heavy (non-hydrogen) atoms. The Morgan fingerprint density at radius 3 is 2.83 bits per heavy atom. The molecule has 2 heterocycles. The van der Waals surface area contributed by atoms with E-state index >= 15 is 0 Å². The zero-order valence-corrected chi connectivity index (χ0v) is 14.5. The van der Waals surface area contributed by atoms with Gasteiger partial charge in [0.05, 0.1) is 5.69 Å². The van der Waals surface area contributed by atoms with Crippen molar-refractivity contribution in [3.63, 3.8) is 0 Å². The molecule has 2 amide bonds. The summed E-state index contributed by atoms with van der Waals surface area (Å²) in [6.45, 7) is 6.00. The summed E-state index contributed by atoms with van der Waals surface area (Å²) in [5, 5.41) is 14.0. The fourth-order valence-corrected chi connectivity index (χ4v) is 2.49. The third-order valence-corrected chi connectivity index (χ3v) is 3.93. The fourth-order valence-electron chi connectivity index (χ4n) is 2.49. The van der Waals surface area contributed by atoms with Gasteiger partial charge in [0, 0.05) is 25.5 Å². The highest BCUT2D eigenvalue weighted by atomic mass is 16.5. The zero-order chi connectivity index (χ0) is 17.3. The summed E-state index contributed by atoms with van der Waals surface area (Å²) in [5.74, 6) is 2.74. The molecule has 1 aliphatic carbocycles. The molecule has 8 heteroatoms. The number of aryl methyl sites for hydroxylation is 1. The third-order valence-electron chi connectivity index (χ3n) is 3.93. The Kier molecular flexibility index (Phi) is 4.55. The van der Waals surface area contributed by atoms with E-state index in [4.69, 9.17) is 4.52 Å². The van der Waals surface area contributed by atoms with Crippen LogP contribution in [0.2, 0.25) is 0 Å². The normalized spacial score (nSPS) is 15.5. The van der Waals surface area contributed by atoms with E-state index in [0.29, 0.717) is 29.4 Å². The van der Waals surface area contributed by atoms with Crippen LogP contribution in [0.1, 0.15) is 63.0 Å². The summed E-state index contributed by atoms with van der Waals surface area (Å²) in [7, 11) is 1.82. The second-order valence-electron chi connectivity index (χ2n) is 6.82. The number of urea groups is 1. The average Bonchev–Trinajstić information content (AvgIpc) is 3.14. The average molecular weight is 332 g/mol. The lowest BCUT2D eigenvalue weighted by Crippen LogP contribution is -2.32. The maximum atomic E-state index is 12.2. The van der Waals surface area contributed by atoms with Gasteiger partial charge in [-0.05, 0) is 25.7 Å². The van der Waals surface area contributed by atoms with Gasteiger partial charge in [0.15, 0.2) is 5.82 Å². The second-order valence-corrected chi connectivity index (χ2v) is 6.82. The molecule has 1 aliphatic rings. The molecule has 2 N–H and O–H groups in total. The third kappa shape index (κ3) is 3.93. The summed E-state index contributed by atoms with van der Waals surface area (Å²) < 4.78 is 6.91. The molecule has 0 bridgehead atoms. The van der Waals surface area contributed by atoms with Gasteiger partial charge in [0.2, 0.25) is 5.89 Å². The van der Waals surface area contributed by atoms with Gasteiger partial charge < -0.3 is 9.84 Å². The molecule has 1 saturated carbocycles. The predicted molar refractivity (Wildman–Crippen MR) is 88.6 cm³/mol. The molecule has 0 aromatic carbocycles. The second kappa shape index (κ2) is 6.62. The number of nitrogens with zero attached hydrogens (tertiary/aromatic N) is 4. The van der Waals surface area contributed by atoms with Crippen LogP contribution in [0.25, 0.3) is 0 Å². The lowest BCUT2D eigenvalue weighted by molar-refractivity contribution is 0.245. The van der Waals surface area contributed by atoms with Crippen molar-refractivity contribution < 1.29 is 9.32 Å². The molecule has 1 fully saturated rings. The van der Waals surface area contributed by atoms with E-state index in [-0.39, 0.29) is 12.1 Å². The van der Waals surface area contributed by atoms with E-state index in [1.807, 2.05) is 20.0 Å². The van der Waals surface area contributed by atoms with Crippen LogP contribution in [0.4, 0.5) is 10.6 Å². The van der Waals surface area contributed by atoms with Crippen molar-refractivity contribution in [3.05, 3.63) is 23.5 Å². The number of nitrogens with one attached hydrogen (secondary N) is 2. The lowest BCUT2D eigenvalue weighted by Gasteiger charge is -2.10. The standard InChI is InChI=1S/C16H24N6O2/c1-9(2)7-13-18-15(24-21-13)10(3)17-16(23)19-14-8-12(11-5-6-11)20-22(14)4/h8-11H,5-7H2,1-4H3,(H2,17,19,23). The van der Waals surface area contributed by atoms with Crippen molar-refractivity contribution >= 4 is 11.8 Å². The summed E-state index contributed by atoms with van der Waals surface area (Å²) in [6, 6.07) is 1.24. The minimum absolute atomic E-state index is 0.323. The van der Waals surface area contributed by atoms with Crippen LogP contribution < -0.4 is 10.6 Å². The Hall–Kier alpha value is -2.38. The van der Waals surface area contributed by atoms with Gasteiger partial charge in [0.1, 0.15) is 11.9 Å². The van der Waals surface area contributed by atoms with Gasteiger partial charge in [-0.1, -0.05) is 19.0 Å². The number of hydrogen-bond donors (Lipinski definition) is 2. The van der Waals surface area contributed by atoms with Gasteiger partial charge in [-0.3, -0.25) is 10.00 Å². The number of amides is 2. The van der Waals surface area contributed by atoms with Crippen molar-refractivity contribution in [1.29, 1.82) is 0 Å². The van der Waals surface area contributed by atoms with Gasteiger partial charge in [-0.15, -0.1) is 0 Å². The Labute approximate surface area is 141 Å². The first-order valence-electron chi connectivity index (χ1n) is 8.36. The van der Waals surface area contributed by atoms with Crippen LogP contribution in [0.5, 0.6) is 0 Å².